The first-order valence-electron chi connectivity index (χ1n) is 4.83. The van der Waals surface area contributed by atoms with Gasteiger partial charge in [0.1, 0.15) is 11.7 Å². The lowest BCUT2D eigenvalue weighted by Gasteiger charge is -2.37. The molecule has 6 nitrogen and oxygen atoms in total. The van der Waals surface area contributed by atoms with Crippen LogP contribution in [0.2, 0.25) is 0 Å². The summed E-state index contributed by atoms with van der Waals surface area (Å²) in [5, 5.41) is 1.94. The van der Waals surface area contributed by atoms with Crippen LogP contribution >= 0.6 is 11.8 Å². The van der Waals surface area contributed by atoms with E-state index in [-0.39, 0.29) is 12.0 Å². The minimum Gasteiger partial charge on any atom is -0.351 e. The fourth-order valence-electron chi connectivity index (χ4n) is 1.94. The second-order valence-electron chi connectivity index (χ2n) is 3.68. The van der Waals surface area contributed by atoms with Gasteiger partial charge in [0, 0.05) is 5.75 Å². The van der Waals surface area contributed by atoms with Gasteiger partial charge in [-0.3, -0.25) is 15.0 Å². The van der Waals surface area contributed by atoms with Crippen molar-refractivity contribution in [2.24, 2.45) is 0 Å². The Kier molecular flexibility index (Phi) is 2.30. The molecule has 16 heavy (non-hydrogen) atoms. The number of amides is 3. The number of nitrogens with zero attached hydrogens (tertiary/aromatic N) is 1. The van der Waals surface area contributed by atoms with Crippen molar-refractivity contribution in [2.45, 2.75) is 24.1 Å². The maximum absolute atomic E-state index is 13.6. The van der Waals surface area contributed by atoms with Gasteiger partial charge in [-0.25, -0.2) is 9.18 Å². The van der Waals surface area contributed by atoms with Gasteiger partial charge in [-0.1, -0.05) is 0 Å². The van der Waals surface area contributed by atoms with E-state index < -0.39 is 30.6 Å². The van der Waals surface area contributed by atoms with Crippen molar-refractivity contribution in [1.82, 2.24) is 10.2 Å². The molecule has 88 valence electrons. The third kappa shape index (κ3) is 1.40. The van der Waals surface area contributed by atoms with Crippen LogP contribution in [-0.2, 0) is 14.3 Å². The Morgan fingerprint density at radius 1 is 1.50 bits per heavy atom. The molecule has 3 rings (SSSR count). The van der Waals surface area contributed by atoms with Crippen LogP contribution in [0.25, 0.3) is 0 Å². The third-order valence-corrected chi connectivity index (χ3v) is 3.78. The number of halogens is 1. The molecule has 0 aromatic carbocycles. The van der Waals surface area contributed by atoms with Gasteiger partial charge in [-0.2, -0.15) is 0 Å². The van der Waals surface area contributed by atoms with Gasteiger partial charge >= 0.3 is 6.03 Å². The SMILES string of the molecule is O=C1NC(=O)N2[C@@H]3CS[C@H](CO[C@@H]2[C@H]1F)O3. The van der Waals surface area contributed by atoms with Crippen LogP contribution in [0.4, 0.5) is 9.18 Å². The van der Waals surface area contributed by atoms with Gasteiger partial charge in [0.2, 0.25) is 6.17 Å². The summed E-state index contributed by atoms with van der Waals surface area (Å²) in [5.74, 6) is -0.379. The topological polar surface area (TPSA) is 67.9 Å². The summed E-state index contributed by atoms with van der Waals surface area (Å²) in [6.07, 6.45) is -3.53. The molecule has 0 aliphatic carbocycles. The maximum Gasteiger partial charge on any atom is 0.328 e. The molecule has 0 saturated carbocycles. The van der Waals surface area contributed by atoms with E-state index >= 15 is 0 Å². The molecule has 0 aromatic rings. The third-order valence-electron chi connectivity index (χ3n) is 2.69. The van der Waals surface area contributed by atoms with Crippen LogP contribution in [-0.4, -0.2) is 53.3 Å². The number of imide groups is 1. The molecule has 3 aliphatic rings. The highest BCUT2D eigenvalue weighted by atomic mass is 32.2. The van der Waals surface area contributed by atoms with E-state index in [4.69, 9.17) is 9.47 Å². The zero-order chi connectivity index (χ0) is 11.3. The summed E-state index contributed by atoms with van der Waals surface area (Å²) in [6.45, 7) is 0.184. The monoisotopic (exact) mass is 248 g/mol. The van der Waals surface area contributed by atoms with Crippen LogP contribution < -0.4 is 5.32 Å². The number of alkyl halides is 1. The Balaban J connectivity index is 1.92. The number of urea groups is 1. The molecule has 0 unspecified atom stereocenters. The maximum atomic E-state index is 13.6. The lowest BCUT2D eigenvalue weighted by atomic mass is 10.2. The van der Waals surface area contributed by atoms with Crippen molar-refractivity contribution < 1.29 is 23.5 Å². The van der Waals surface area contributed by atoms with Crippen LogP contribution in [0.5, 0.6) is 0 Å². The van der Waals surface area contributed by atoms with Crippen LogP contribution in [0.3, 0.4) is 0 Å². The number of thioether (sulfide) groups is 1. The summed E-state index contributed by atoms with van der Waals surface area (Å²) < 4.78 is 24.3. The van der Waals surface area contributed by atoms with Gasteiger partial charge in [0.05, 0.1) is 6.61 Å². The molecule has 8 heteroatoms. The highest BCUT2D eigenvalue weighted by Crippen LogP contribution is 2.34. The number of hydrogen-bond donors (Lipinski definition) is 1. The second kappa shape index (κ2) is 3.57. The molecule has 3 fully saturated rings. The Hall–Kier alpha value is -0.860. The van der Waals surface area contributed by atoms with E-state index in [9.17, 15) is 14.0 Å². The first-order valence-corrected chi connectivity index (χ1v) is 5.87. The molecular weight excluding hydrogens is 239 g/mol. The van der Waals surface area contributed by atoms with E-state index in [0.717, 1.165) is 4.90 Å². The number of hydrogen-bond acceptors (Lipinski definition) is 5. The fraction of sp³-hybridized carbons (Fsp3) is 0.750. The Morgan fingerprint density at radius 2 is 2.31 bits per heavy atom. The summed E-state index contributed by atoms with van der Waals surface area (Å²) in [6, 6.07) is -0.656. The van der Waals surface area contributed by atoms with E-state index in [1.54, 1.807) is 0 Å². The van der Waals surface area contributed by atoms with Gasteiger partial charge in [-0.15, -0.1) is 11.8 Å². The molecule has 3 amide bonds. The van der Waals surface area contributed by atoms with Gasteiger partial charge in [-0.05, 0) is 0 Å². The van der Waals surface area contributed by atoms with E-state index in [2.05, 4.69) is 0 Å². The quantitative estimate of drug-likeness (QED) is 0.634. The molecule has 3 heterocycles. The van der Waals surface area contributed by atoms with Crippen LogP contribution in [0, 0.1) is 0 Å². The first-order chi connectivity index (χ1) is 7.66. The zero-order valence-corrected chi connectivity index (χ0v) is 8.91. The number of carbonyl (C=O) groups is 2. The van der Waals surface area contributed by atoms with Gasteiger partial charge < -0.3 is 9.47 Å². The number of rotatable bonds is 0. The number of fused-ring (bicyclic) bond motifs is 4. The lowest BCUT2D eigenvalue weighted by Crippen LogP contribution is -2.64. The smallest absolute Gasteiger partial charge is 0.328 e. The summed E-state index contributed by atoms with van der Waals surface area (Å²) >= 11 is 1.51. The minimum atomic E-state index is -1.86. The zero-order valence-electron chi connectivity index (χ0n) is 8.09. The highest BCUT2D eigenvalue weighted by molar-refractivity contribution is 8.00. The van der Waals surface area contributed by atoms with Gasteiger partial charge in [0.15, 0.2) is 6.23 Å². The molecular formula is C8H9FN2O4S. The molecule has 2 bridgehead atoms. The van der Waals surface area contributed by atoms with E-state index in [0.29, 0.717) is 5.75 Å². The number of carbonyl (C=O) groups excluding carboxylic acids is 2. The largest absolute Gasteiger partial charge is 0.351 e. The summed E-state index contributed by atoms with van der Waals surface area (Å²) in [7, 11) is 0. The van der Waals surface area contributed by atoms with Crippen LogP contribution in [0.15, 0.2) is 0 Å². The van der Waals surface area contributed by atoms with Crippen molar-refractivity contribution in [1.29, 1.82) is 0 Å². The molecule has 4 atom stereocenters. The predicted octanol–water partition coefficient (Wildman–Crippen LogP) is -0.352. The number of nitrogens with one attached hydrogen (secondary N) is 1. The molecule has 3 aliphatic heterocycles. The Morgan fingerprint density at radius 3 is 3.12 bits per heavy atom. The average molecular weight is 248 g/mol. The molecule has 0 spiro atoms. The standard InChI is InChI=1S/C8H9FN2O4S/c9-5-6(12)10-8(13)11-3-2-16-4(15-3)1-14-7(5)11/h3-5,7H,1-2H2,(H,10,12,13)/t3-,4+,5-,7+/m0/s1. The molecule has 3 saturated heterocycles. The summed E-state index contributed by atoms with van der Waals surface area (Å²) in [4.78, 5) is 23.8. The lowest BCUT2D eigenvalue weighted by molar-refractivity contribution is -0.148. The van der Waals surface area contributed by atoms with E-state index in [1.165, 1.54) is 11.8 Å². The van der Waals surface area contributed by atoms with Crippen molar-refractivity contribution >= 4 is 23.7 Å². The number of ether oxygens (including phenoxy) is 2. The Labute approximate surface area is 94.4 Å². The van der Waals surface area contributed by atoms with Crippen molar-refractivity contribution in [3.8, 4) is 0 Å². The van der Waals surface area contributed by atoms with Crippen molar-refractivity contribution in [3.63, 3.8) is 0 Å². The van der Waals surface area contributed by atoms with Gasteiger partial charge in [0.25, 0.3) is 5.91 Å². The fourth-order valence-corrected chi connectivity index (χ4v) is 2.94. The van der Waals surface area contributed by atoms with E-state index in [1.807, 2.05) is 5.32 Å². The molecule has 0 radical (unpaired) electrons. The molecule has 0 aromatic heterocycles. The predicted molar refractivity (Wildman–Crippen MR) is 51.1 cm³/mol. The normalized spacial score (nSPS) is 42.7. The van der Waals surface area contributed by atoms with Crippen molar-refractivity contribution in [2.75, 3.05) is 12.4 Å². The highest BCUT2D eigenvalue weighted by Gasteiger charge is 2.50. The first kappa shape index (κ1) is 10.3. The van der Waals surface area contributed by atoms with Crippen LogP contribution in [0.1, 0.15) is 0 Å². The van der Waals surface area contributed by atoms with Crippen molar-refractivity contribution in [3.05, 3.63) is 0 Å². The molecule has 1 N–H and O–H groups in total. The second-order valence-corrected chi connectivity index (χ2v) is 4.87. The Bertz CT molecular complexity index is 355. The average Bonchev–Trinajstić information content (AvgIpc) is 2.58. The summed E-state index contributed by atoms with van der Waals surface area (Å²) in [5.41, 5.74) is -0.189. The minimum absolute atomic E-state index is 0.184.